The number of aliphatic hydroxyl groups excluding tert-OH is 1. The summed E-state index contributed by atoms with van der Waals surface area (Å²) in [6.07, 6.45) is 0.457. The molecule has 3 saturated heterocycles. The largest absolute Gasteiger partial charge is 0.392 e. The minimum Gasteiger partial charge on any atom is -0.392 e. The van der Waals surface area contributed by atoms with Gasteiger partial charge in [-0.1, -0.05) is 41.1 Å². The van der Waals surface area contributed by atoms with Gasteiger partial charge in [-0.25, -0.2) is 0 Å². The van der Waals surface area contributed by atoms with Gasteiger partial charge in [-0.2, -0.15) is 0 Å². The normalized spacial score (nSPS) is 32.0. The van der Waals surface area contributed by atoms with Crippen LogP contribution in [0.15, 0.2) is 30.3 Å². The van der Waals surface area contributed by atoms with Crippen LogP contribution in [0, 0.1) is 0 Å². The number of carbonyl (C=O) groups excluding carboxylic acids is 2. The second kappa shape index (κ2) is 4.93. The van der Waals surface area contributed by atoms with Crippen LogP contribution in [-0.2, 0) is 16.0 Å². The number of rotatable bonds is 3. The number of fused-ring (bicyclic) bond motifs is 3. The Morgan fingerprint density at radius 2 is 1.52 bits per heavy atom. The molecule has 0 spiro atoms. The van der Waals surface area contributed by atoms with Crippen molar-refractivity contribution in [1.29, 1.82) is 0 Å². The average Bonchev–Trinajstić information content (AvgIpc) is 2.51. The molecule has 1 N–H and O–H groups in total. The fourth-order valence-electron chi connectivity index (χ4n) is 2.76. The van der Waals surface area contributed by atoms with Crippen LogP contribution in [0.4, 0.5) is 0 Å². The van der Waals surface area contributed by atoms with Crippen molar-refractivity contribution in [3.8, 4) is 0 Å². The van der Waals surface area contributed by atoms with Crippen molar-refractivity contribution in [3.63, 3.8) is 0 Å². The molecule has 5 nitrogen and oxygen atoms in total. The summed E-state index contributed by atoms with van der Waals surface area (Å²) in [6.45, 7) is -0.377. The van der Waals surface area contributed by atoms with E-state index < -0.39 is 9.74 Å². The van der Waals surface area contributed by atoms with Crippen molar-refractivity contribution >= 4 is 33.4 Å². The molecule has 21 heavy (non-hydrogen) atoms. The quantitative estimate of drug-likeness (QED) is 0.839. The Morgan fingerprint density at radius 3 is 2.14 bits per heavy atom. The number of benzene rings is 1. The highest BCUT2D eigenvalue weighted by molar-refractivity contribution is 8.78. The van der Waals surface area contributed by atoms with Gasteiger partial charge < -0.3 is 14.9 Å². The predicted octanol–water partition coefficient (Wildman–Crippen LogP) is 0.939. The van der Waals surface area contributed by atoms with Crippen LogP contribution in [0.1, 0.15) is 5.56 Å². The molecule has 0 aliphatic carbocycles. The van der Waals surface area contributed by atoms with E-state index in [1.165, 1.54) is 31.4 Å². The Balaban J connectivity index is 2.03. The Bertz CT molecular complexity index is 597. The SMILES string of the molecule is CN1C(=O)C2(Cc3ccccc3)SSC1(CO)C(=O)N2C. The van der Waals surface area contributed by atoms with Crippen LogP contribution in [0.2, 0.25) is 0 Å². The van der Waals surface area contributed by atoms with E-state index in [1.54, 1.807) is 14.1 Å². The van der Waals surface area contributed by atoms with Gasteiger partial charge in [0.1, 0.15) is 0 Å². The smallest absolute Gasteiger partial charge is 0.263 e. The molecule has 0 radical (unpaired) electrons. The highest BCUT2D eigenvalue weighted by Crippen LogP contribution is 2.58. The van der Waals surface area contributed by atoms with Gasteiger partial charge in [0.15, 0.2) is 4.87 Å². The highest BCUT2D eigenvalue weighted by atomic mass is 33.1. The molecule has 3 heterocycles. The lowest BCUT2D eigenvalue weighted by Crippen LogP contribution is -2.77. The minimum atomic E-state index is -1.19. The lowest BCUT2D eigenvalue weighted by atomic mass is 9.98. The third kappa shape index (κ3) is 1.84. The standard InChI is InChI=1S/C14H16N2O3S2/c1-15-12(19)14(9-17)16(2)11(18)13(15,20-21-14)8-10-6-4-3-5-7-10/h3-7,17H,8-9H2,1-2H3. The number of amides is 2. The van der Waals surface area contributed by atoms with E-state index >= 15 is 0 Å². The van der Waals surface area contributed by atoms with Crippen molar-refractivity contribution in [1.82, 2.24) is 9.80 Å². The predicted molar refractivity (Wildman–Crippen MR) is 83.4 cm³/mol. The van der Waals surface area contributed by atoms with Crippen molar-refractivity contribution < 1.29 is 14.7 Å². The number of nitrogens with zero attached hydrogens (tertiary/aromatic N) is 2. The third-order valence-electron chi connectivity index (χ3n) is 4.18. The summed E-state index contributed by atoms with van der Waals surface area (Å²) in [5.41, 5.74) is 1.00. The zero-order valence-corrected chi connectivity index (χ0v) is 13.4. The van der Waals surface area contributed by atoms with Gasteiger partial charge in [0.2, 0.25) is 4.87 Å². The molecule has 2 bridgehead atoms. The monoisotopic (exact) mass is 324 g/mol. The van der Waals surface area contributed by atoms with E-state index in [0.29, 0.717) is 6.42 Å². The third-order valence-corrected chi connectivity index (χ3v) is 7.89. The molecule has 4 rings (SSSR count). The molecule has 3 aliphatic heterocycles. The number of aliphatic hydroxyl groups is 1. The fourth-order valence-corrected chi connectivity index (χ4v) is 6.38. The fraction of sp³-hybridized carbons (Fsp3) is 0.429. The summed E-state index contributed by atoms with van der Waals surface area (Å²) in [4.78, 5) is 26.2. The van der Waals surface area contributed by atoms with Crippen molar-refractivity contribution in [2.45, 2.75) is 16.2 Å². The van der Waals surface area contributed by atoms with Gasteiger partial charge in [-0.05, 0) is 16.4 Å². The Hall–Kier alpha value is -1.18. The molecule has 2 atom stereocenters. The number of likely N-dealkylation sites (N-methyl/N-ethyl adjacent to an activating group) is 2. The molecule has 0 aromatic heterocycles. The molecule has 112 valence electrons. The van der Waals surface area contributed by atoms with E-state index in [1.807, 2.05) is 30.3 Å². The van der Waals surface area contributed by atoms with Gasteiger partial charge >= 0.3 is 0 Å². The summed E-state index contributed by atoms with van der Waals surface area (Å²) in [5, 5.41) is 9.64. The zero-order chi connectivity index (χ0) is 15.3. The van der Waals surface area contributed by atoms with Crippen molar-refractivity contribution in [2.75, 3.05) is 20.7 Å². The van der Waals surface area contributed by atoms with Gasteiger partial charge in [0.05, 0.1) is 6.61 Å². The van der Waals surface area contributed by atoms with Gasteiger partial charge in [0.25, 0.3) is 11.8 Å². The maximum Gasteiger partial charge on any atom is 0.263 e. The maximum atomic E-state index is 12.8. The van der Waals surface area contributed by atoms with E-state index in [2.05, 4.69) is 0 Å². The minimum absolute atomic E-state index is 0.133. The van der Waals surface area contributed by atoms with Crippen LogP contribution in [0.3, 0.4) is 0 Å². The summed E-state index contributed by atoms with van der Waals surface area (Å²) in [7, 11) is 5.90. The van der Waals surface area contributed by atoms with Crippen LogP contribution in [-0.4, -0.2) is 57.2 Å². The highest BCUT2D eigenvalue weighted by Gasteiger charge is 2.67. The zero-order valence-electron chi connectivity index (χ0n) is 11.8. The molecule has 3 fully saturated rings. The van der Waals surface area contributed by atoms with E-state index in [4.69, 9.17) is 0 Å². The number of piperazine rings is 1. The van der Waals surface area contributed by atoms with E-state index in [0.717, 1.165) is 5.56 Å². The molecule has 1 aromatic rings. The topological polar surface area (TPSA) is 60.9 Å². The lowest BCUT2D eigenvalue weighted by Gasteiger charge is -2.58. The second-order valence-corrected chi connectivity index (χ2v) is 7.97. The van der Waals surface area contributed by atoms with Crippen LogP contribution in [0.5, 0.6) is 0 Å². The first-order valence-corrected chi connectivity index (χ1v) is 8.71. The van der Waals surface area contributed by atoms with Crippen LogP contribution < -0.4 is 0 Å². The molecular weight excluding hydrogens is 308 g/mol. The first-order chi connectivity index (χ1) is 9.98. The maximum absolute atomic E-state index is 12.8. The number of hydrogen-bond donors (Lipinski definition) is 1. The molecular formula is C14H16N2O3S2. The van der Waals surface area contributed by atoms with Gasteiger partial charge in [-0.15, -0.1) is 0 Å². The first kappa shape index (κ1) is 14.7. The molecule has 2 unspecified atom stereocenters. The number of carbonyl (C=O) groups is 2. The molecule has 0 saturated carbocycles. The summed E-state index contributed by atoms with van der Waals surface area (Å²) < 4.78 is 0. The Morgan fingerprint density at radius 1 is 1.00 bits per heavy atom. The van der Waals surface area contributed by atoms with E-state index in [-0.39, 0.29) is 18.4 Å². The van der Waals surface area contributed by atoms with Gasteiger partial charge in [0, 0.05) is 20.5 Å². The summed E-state index contributed by atoms with van der Waals surface area (Å²) in [5.74, 6) is -0.349. The van der Waals surface area contributed by atoms with Crippen molar-refractivity contribution in [3.05, 3.63) is 35.9 Å². The molecule has 3 aliphatic rings. The Kier molecular flexibility index (Phi) is 3.46. The van der Waals surface area contributed by atoms with E-state index in [9.17, 15) is 14.7 Å². The van der Waals surface area contributed by atoms with Gasteiger partial charge in [-0.3, -0.25) is 9.59 Å². The first-order valence-electron chi connectivity index (χ1n) is 6.56. The molecule has 7 heteroatoms. The Labute approximate surface area is 131 Å². The summed E-state index contributed by atoms with van der Waals surface area (Å²) >= 11 is 0. The van der Waals surface area contributed by atoms with Crippen LogP contribution >= 0.6 is 21.6 Å². The molecule has 1 aromatic carbocycles. The number of hydrogen-bond acceptors (Lipinski definition) is 5. The second-order valence-electron chi connectivity index (χ2n) is 5.28. The lowest BCUT2D eigenvalue weighted by molar-refractivity contribution is -0.165. The van der Waals surface area contributed by atoms with Crippen LogP contribution in [0.25, 0.3) is 0 Å². The molecule has 2 amide bonds. The average molecular weight is 324 g/mol. The van der Waals surface area contributed by atoms with Crippen molar-refractivity contribution in [2.24, 2.45) is 0 Å². The summed E-state index contributed by atoms with van der Waals surface area (Å²) in [6, 6.07) is 9.67.